The molecule has 0 heterocycles. The van der Waals surface area contributed by atoms with Gasteiger partial charge in [0.25, 0.3) is 11.8 Å². The third-order valence-corrected chi connectivity index (χ3v) is 4.76. The topological polar surface area (TPSA) is 67.4 Å². The van der Waals surface area contributed by atoms with Crippen LogP contribution < -0.4 is 15.4 Å². The molecule has 2 aromatic carbocycles. The summed E-state index contributed by atoms with van der Waals surface area (Å²) in [5, 5.41) is 5.62. The molecular weight excluding hydrogens is 364 g/mol. The molecule has 0 radical (unpaired) electrons. The number of hydrogen-bond donors (Lipinski definition) is 2. The molecule has 0 aliphatic carbocycles. The highest BCUT2D eigenvalue weighted by Crippen LogP contribution is 2.26. The molecule has 5 nitrogen and oxygen atoms in total. The van der Waals surface area contributed by atoms with Crippen molar-refractivity contribution in [3.05, 3.63) is 65.2 Å². The quantitative estimate of drug-likeness (QED) is 0.623. The molecule has 2 rings (SSSR count). The molecule has 2 aromatic rings. The molecule has 2 amide bonds. The zero-order valence-electron chi connectivity index (χ0n) is 18.0. The van der Waals surface area contributed by atoms with Crippen LogP contribution in [0.25, 0.3) is 0 Å². The number of rotatable bonds is 9. The van der Waals surface area contributed by atoms with Crippen LogP contribution in [0.1, 0.15) is 67.9 Å². The van der Waals surface area contributed by atoms with Gasteiger partial charge in [-0.1, -0.05) is 58.0 Å². The zero-order valence-corrected chi connectivity index (χ0v) is 18.0. The van der Waals surface area contributed by atoms with E-state index in [4.69, 9.17) is 4.74 Å². The summed E-state index contributed by atoms with van der Waals surface area (Å²) in [6.07, 6.45) is -0.617. The number of carbonyl (C=O) groups excluding carboxylic acids is 2. The van der Waals surface area contributed by atoms with Gasteiger partial charge < -0.3 is 15.4 Å². The van der Waals surface area contributed by atoms with E-state index in [9.17, 15) is 9.59 Å². The van der Waals surface area contributed by atoms with Crippen LogP contribution >= 0.6 is 0 Å². The van der Waals surface area contributed by atoms with Crippen molar-refractivity contribution < 1.29 is 14.3 Å². The van der Waals surface area contributed by atoms with Crippen molar-refractivity contribution in [2.75, 3.05) is 13.1 Å². The lowest BCUT2D eigenvalue weighted by Gasteiger charge is -2.18. The van der Waals surface area contributed by atoms with Gasteiger partial charge in [0.15, 0.2) is 6.10 Å². The minimum Gasteiger partial charge on any atom is -0.481 e. The highest BCUT2D eigenvalue weighted by Gasteiger charge is 2.17. The highest BCUT2D eigenvalue weighted by atomic mass is 16.5. The Bertz CT molecular complexity index is 813. The van der Waals surface area contributed by atoms with Gasteiger partial charge in [0.2, 0.25) is 0 Å². The molecule has 1 unspecified atom stereocenters. The number of hydrogen-bond acceptors (Lipinski definition) is 3. The van der Waals surface area contributed by atoms with Crippen LogP contribution in [0.3, 0.4) is 0 Å². The van der Waals surface area contributed by atoms with Gasteiger partial charge in [-0.3, -0.25) is 9.59 Å². The van der Waals surface area contributed by atoms with Gasteiger partial charge in [0.1, 0.15) is 5.75 Å². The Morgan fingerprint density at radius 3 is 2.07 bits per heavy atom. The van der Waals surface area contributed by atoms with E-state index in [2.05, 4.69) is 38.3 Å². The first-order chi connectivity index (χ1) is 13.8. The summed E-state index contributed by atoms with van der Waals surface area (Å²) in [7, 11) is 0. The van der Waals surface area contributed by atoms with Gasteiger partial charge in [-0.05, 0) is 48.1 Å². The van der Waals surface area contributed by atoms with E-state index in [-0.39, 0.29) is 11.8 Å². The maximum absolute atomic E-state index is 12.3. The van der Waals surface area contributed by atoms with Crippen molar-refractivity contribution in [2.24, 2.45) is 0 Å². The molecular formula is C24H32N2O3. The lowest BCUT2D eigenvalue weighted by molar-refractivity contribution is -0.127. The van der Waals surface area contributed by atoms with Crippen LogP contribution in [0.15, 0.2) is 48.5 Å². The molecule has 0 saturated carbocycles. The number of nitrogens with one attached hydrogen (secondary N) is 2. The zero-order chi connectivity index (χ0) is 21.4. The molecule has 0 fully saturated rings. The van der Waals surface area contributed by atoms with Gasteiger partial charge in [-0.2, -0.15) is 0 Å². The molecule has 5 heteroatoms. The van der Waals surface area contributed by atoms with E-state index >= 15 is 0 Å². The standard InChI is InChI=1S/C24H32N2O3/c1-16(2)19-10-12-20(13-11-19)24(28)26-15-14-25-23(27)18(5)29-22-9-7-6-8-21(22)17(3)4/h6-13,16-18H,14-15H2,1-5H3,(H,25,27)(H,26,28). The molecule has 0 bridgehead atoms. The Morgan fingerprint density at radius 2 is 1.45 bits per heavy atom. The van der Waals surface area contributed by atoms with Crippen molar-refractivity contribution in [1.29, 1.82) is 0 Å². The van der Waals surface area contributed by atoms with Crippen LogP contribution in [-0.4, -0.2) is 31.0 Å². The second kappa shape index (κ2) is 10.6. The monoisotopic (exact) mass is 396 g/mol. The third-order valence-electron chi connectivity index (χ3n) is 4.76. The largest absolute Gasteiger partial charge is 0.481 e. The lowest BCUT2D eigenvalue weighted by atomic mass is 10.0. The fourth-order valence-corrected chi connectivity index (χ4v) is 2.94. The van der Waals surface area contributed by atoms with Crippen LogP contribution in [0.2, 0.25) is 0 Å². The summed E-state index contributed by atoms with van der Waals surface area (Å²) in [4.78, 5) is 24.5. The normalized spacial score (nSPS) is 12.0. The summed E-state index contributed by atoms with van der Waals surface area (Å²) < 4.78 is 5.85. The van der Waals surface area contributed by atoms with Gasteiger partial charge >= 0.3 is 0 Å². The minimum atomic E-state index is -0.617. The van der Waals surface area contributed by atoms with E-state index in [1.54, 1.807) is 6.92 Å². The SMILES string of the molecule is CC(Oc1ccccc1C(C)C)C(=O)NCCNC(=O)c1ccc(C(C)C)cc1. The van der Waals surface area contributed by atoms with Gasteiger partial charge in [-0.25, -0.2) is 0 Å². The molecule has 0 saturated heterocycles. The first-order valence-electron chi connectivity index (χ1n) is 10.2. The number of benzene rings is 2. The Balaban J connectivity index is 1.77. The fourth-order valence-electron chi connectivity index (χ4n) is 2.94. The number of para-hydroxylation sites is 1. The molecule has 156 valence electrons. The average molecular weight is 397 g/mol. The first-order valence-corrected chi connectivity index (χ1v) is 10.2. The Kier molecular flexibility index (Phi) is 8.25. The molecule has 0 spiro atoms. The van der Waals surface area contributed by atoms with Crippen molar-refractivity contribution >= 4 is 11.8 Å². The smallest absolute Gasteiger partial charge is 0.260 e. The first kappa shape index (κ1) is 22.5. The van der Waals surface area contributed by atoms with Crippen molar-refractivity contribution in [2.45, 2.75) is 52.6 Å². The van der Waals surface area contributed by atoms with Crippen molar-refractivity contribution in [3.63, 3.8) is 0 Å². The predicted octanol–water partition coefficient (Wildman–Crippen LogP) is 4.25. The Hall–Kier alpha value is -2.82. The summed E-state index contributed by atoms with van der Waals surface area (Å²) >= 11 is 0. The fraction of sp³-hybridized carbons (Fsp3) is 0.417. The molecule has 29 heavy (non-hydrogen) atoms. The lowest BCUT2D eigenvalue weighted by Crippen LogP contribution is -2.40. The van der Waals surface area contributed by atoms with Gasteiger partial charge in [0.05, 0.1) is 0 Å². The molecule has 0 aromatic heterocycles. The number of carbonyl (C=O) groups is 2. The molecule has 2 N–H and O–H groups in total. The second-order valence-electron chi connectivity index (χ2n) is 7.78. The molecule has 0 aliphatic heterocycles. The van der Waals surface area contributed by atoms with Crippen LogP contribution in [0.4, 0.5) is 0 Å². The van der Waals surface area contributed by atoms with E-state index in [1.807, 2.05) is 48.5 Å². The maximum Gasteiger partial charge on any atom is 0.260 e. The Labute approximate surface area is 173 Å². The second-order valence-corrected chi connectivity index (χ2v) is 7.78. The van der Waals surface area contributed by atoms with E-state index in [1.165, 1.54) is 5.56 Å². The Morgan fingerprint density at radius 1 is 0.828 bits per heavy atom. The summed E-state index contributed by atoms with van der Waals surface area (Å²) in [6.45, 7) is 10.8. The molecule has 1 atom stereocenters. The number of ether oxygens (including phenoxy) is 1. The van der Waals surface area contributed by atoms with Crippen molar-refractivity contribution in [3.8, 4) is 5.75 Å². The maximum atomic E-state index is 12.3. The number of amides is 2. The minimum absolute atomic E-state index is 0.148. The van der Waals surface area contributed by atoms with Crippen LogP contribution in [-0.2, 0) is 4.79 Å². The van der Waals surface area contributed by atoms with E-state index in [0.29, 0.717) is 30.5 Å². The highest BCUT2D eigenvalue weighted by molar-refractivity contribution is 5.94. The van der Waals surface area contributed by atoms with E-state index in [0.717, 1.165) is 11.3 Å². The summed E-state index contributed by atoms with van der Waals surface area (Å²) in [5.74, 6) is 1.11. The third kappa shape index (κ3) is 6.63. The van der Waals surface area contributed by atoms with Crippen LogP contribution in [0.5, 0.6) is 5.75 Å². The van der Waals surface area contributed by atoms with Crippen molar-refractivity contribution in [1.82, 2.24) is 10.6 Å². The van der Waals surface area contributed by atoms with Crippen LogP contribution in [0, 0.1) is 0 Å². The van der Waals surface area contributed by atoms with E-state index < -0.39 is 6.10 Å². The summed E-state index contributed by atoms with van der Waals surface area (Å²) in [6, 6.07) is 15.3. The average Bonchev–Trinajstić information content (AvgIpc) is 2.71. The molecule has 0 aliphatic rings. The predicted molar refractivity (Wildman–Crippen MR) is 116 cm³/mol. The summed E-state index contributed by atoms with van der Waals surface area (Å²) in [5.41, 5.74) is 2.88. The van der Waals surface area contributed by atoms with Gasteiger partial charge in [0, 0.05) is 18.7 Å². The van der Waals surface area contributed by atoms with Gasteiger partial charge in [-0.15, -0.1) is 0 Å².